The first kappa shape index (κ1) is 59.8. The van der Waals surface area contributed by atoms with Crippen molar-refractivity contribution >= 4 is 17.9 Å². The van der Waals surface area contributed by atoms with E-state index in [0.29, 0.717) is 19.3 Å². The molecule has 0 fully saturated rings. The van der Waals surface area contributed by atoms with E-state index in [1.807, 2.05) is 6.08 Å². The molecule has 6 heteroatoms. The van der Waals surface area contributed by atoms with Gasteiger partial charge in [0.1, 0.15) is 13.2 Å². The van der Waals surface area contributed by atoms with Gasteiger partial charge in [-0.3, -0.25) is 14.4 Å². The van der Waals surface area contributed by atoms with Crippen LogP contribution in [0, 0.1) is 0 Å². The van der Waals surface area contributed by atoms with E-state index in [-0.39, 0.29) is 37.5 Å². The van der Waals surface area contributed by atoms with E-state index in [0.717, 1.165) is 122 Å². The van der Waals surface area contributed by atoms with Crippen LogP contribution in [0.3, 0.4) is 0 Å². The molecule has 0 radical (unpaired) electrons. The summed E-state index contributed by atoms with van der Waals surface area (Å²) in [5.74, 6) is -1.01. The quantitative estimate of drug-likeness (QED) is 0.0199. The molecular formula is C58H92O6. The molecule has 6 nitrogen and oxygen atoms in total. The average molecular weight is 885 g/mol. The van der Waals surface area contributed by atoms with Crippen LogP contribution in [0.1, 0.15) is 207 Å². The van der Waals surface area contributed by atoms with E-state index in [2.05, 4.69) is 136 Å². The van der Waals surface area contributed by atoms with Gasteiger partial charge in [0.2, 0.25) is 0 Å². The van der Waals surface area contributed by atoms with Crippen LogP contribution >= 0.6 is 0 Å². The summed E-state index contributed by atoms with van der Waals surface area (Å²) >= 11 is 0. The van der Waals surface area contributed by atoms with Gasteiger partial charge in [0.05, 0.1) is 0 Å². The van der Waals surface area contributed by atoms with Gasteiger partial charge in [-0.15, -0.1) is 0 Å². The number of esters is 3. The largest absolute Gasteiger partial charge is 0.462 e. The Morgan fingerprint density at radius 2 is 0.703 bits per heavy atom. The number of carbonyl (C=O) groups is 3. The zero-order valence-electron chi connectivity index (χ0n) is 41.0. The molecule has 0 saturated carbocycles. The van der Waals surface area contributed by atoms with Gasteiger partial charge in [-0.1, -0.05) is 200 Å². The second kappa shape index (κ2) is 51.4. The molecular weight excluding hydrogens is 793 g/mol. The zero-order chi connectivity index (χ0) is 46.5. The molecule has 0 heterocycles. The summed E-state index contributed by atoms with van der Waals surface area (Å²) in [6.07, 6.45) is 70.4. The molecule has 0 amide bonds. The van der Waals surface area contributed by atoms with Crippen molar-refractivity contribution in [2.24, 2.45) is 0 Å². The van der Waals surface area contributed by atoms with Gasteiger partial charge in [0.25, 0.3) is 0 Å². The number of hydrogen-bond acceptors (Lipinski definition) is 6. The SMILES string of the molecule is CC/C=C/C=C/C=C/CCCCCCCC(=O)OCC(COC(=O)CCC/C=C/C/C=C/C/C=C/C/C=C/CCCCC)OC(=O)CCCCCCCC/C=C/C/C=C/C/C=C/CC. The van der Waals surface area contributed by atoms with Crippen molar-refractivity contribution in [3.63, 3.8) is 0 Å². The van der Waals surface area contributed by atoms with Gasteiger partial charge in [-0.25, -0.2) is 0 Å². The van der Waals surface area contributed by atoms with Crippen LogP contribution in [0.25, 0.3) is 0 Å². The number of carbonyl (C=O) groups excluding carboxylic acids is 3. The molecule has 0 aromatic rings. The summed E-state index contributed by atoms with van der Waals surface area (Å²) < 4.78 is 16.7. The van der Waals surface area contributed by atoms with E-state index in [1.165, 1.54) is 38.5 Å². The third kappa shape index (κ3) is 48.8. The van der Waals surface area contributed by atoms with E-state index in [9.17, 15) is 14.4 Å². The summed E-state index contributed by atoms with van der Waals surface area (Å²) in [6, 6.07) is 0. The Hall–Kier alpha value is -4.19. The maximum absolute atomic E-state index is 12.8. The summed E-state index contributed by atoms with van der Waals surface area (Å²) in [5, 5.41) is 0. The minimum atomic E-state index is -0.819. The second-order valence-corrected chi connectivity index (χ2v) is 16.4. The van der Waals surface area contributed by atoms with Gasteiger partial charge >= 0.3 is 17.9 Å². The highest BCUT2D eigenvalue weighted by Gasteiger charge is 2.19. The maximum Gasteiger partial charge on any atom is 0.306 e. The van der Waals surface area contributed by atoms with Gasteiger partial charge < -0.3 is 14.2 Å². The number of allylic oxidation sites excluding steroid dienone is 20. The summed E-state index contributed by atoms with van der Waals surface area (Å²) in [7, 11) is 0. The number of unbranched alkanes of at least 4 members (excludes halogenated alkanes) is 15. The van der Waals surface area contributed by atoms with E-state index < -0.39 is 6.10 Å². The van der Waals surface area contributed by atoms with E-state index in [4.69, 9.17) is 14.2 Å². The van der Waals surface area contributed by atoms with Crippen LogP contribution in [0.4, 0.5) is 0 Å². The Balaban J connectivity index is 4.55. The van der Waals surface area contributed by atoms with E-state index >= 15 is 0 Å². The molecule has 360 valence electrons. The molecule has 0 aromatic heterocycles. The fourth-order valence-corrected chi connectivity index (χ4v) is 6.45. The first-order chi connectivity index (χ1) is 31.5. The molecule has 0 aliphatic carbocycles. The number of ether oxygens (including phenoxy) is 3. The highest BCUT2D eigenvalue weighted by molar-refractivity contribution is 5.71. The van der Waals surface area contributed by atoms with Crippen LogP contribution in [0.15, 0.2) is 122 Å². The lowest BCUT2D eigenvalue weighted by Gasteiger charge is -2.18. The van der Waals surface area contributed by atoms with Crippen LogP contribution < -0.4 is 0 Å². The lowest BCUT2D eigenvalue weighted by atomic mass is 10.1. The molecule has 0 aliphatic heterocycles. The predicted molar refractivity (Wildman–Crippen MR) is 274 cm³/mol. The van der Waals surface area contributed by atoms with Gasteiger partial charge in [-0.2, -0.15) is 0 Å². The number of rotatable bonds is 44. The van der Waals surface area contributed by atoms with Crippen LogP contribution in [-0.4, -0.2) is 37.2 Å². The van der Waals surface area contributed by atoms with Gasteiger partial charge in [0.15, 0.2) is 6.10 Å². The lowest BCUT2D eigenvalue weighted by Crippen LogP contribution is -2.30. The minimum Gasteiger partial charge on any atom is -0.462 e. The van der Waals surface area contributed by atoms with Crippen LogP contribution in [0.5, 0.6) is 0 Å². The van der Waals surface area contributed by atoms with Crippen molar-refractivity contribution in [2.75, 3.05) is 13.2 Å². The van der Waals surface area contributed by atoms with Crippen LogP contribution in [-0.2, 0) is 28.6 Å². The Kier molecular flexibility index (Phi) is 48.1. The molecule has 64 heavy (non-hydrogen) atoms. The minimum absolute atomic E-state index is 0.115. The lowest BCUT2D eigenvalue weighted by molar-refractivity contribution is -0.167. The van der Waals surface area contributed by atoms with Crippen molar-refractivity contribution in [1.29, 1.82) is 0 Å². The summed E-state index contributed by atoms with van der Waals surface area (Å²) in [4.78, 5) is 38.0. The average Bonchev–Trinajstić information content (AvgIpc) is 3.29. The van der Waals surface area contributed by atoms with Crippen molar-refractivity contribution in [1.82, 2.24) is 0 Å². The molecule has 0 saturated heterocycles. The second-order valence-electron chi connectivity index (χ2n) is 16.4. The van der Waals surface area contributed by atoms with E-state index in [1.54, 1.807) is 0 Å². The van der Waals surface area contributed by atoms with Crippen molar-refractivity contribution in [3.8, 4) is 0 Å². The zero-order valence-corrected chi connectivity index (χ0v) is 41.0. The third-order valence-electron chi connectivity index (χ3n) is 10.2. The third-order valence-corrected chi connectivity index (χ3v) is 10.2. The van der Waals surface area contributed by atoms with Gasteiger partial charge in [-0.05, 0) is 109 Å². The molecule has 1 atom stereocenters. The molecule has 1 unspecified atom stereocenters. The fourth-order valence-electron chi connectivity index (χ4n) is 6.45. The van der Waals surface area contributed by atoms with Crippen molar-refractivity contribution in [2.45, 2.75) is 213 Å². The highest BCUT2D eigenvalue weighted by atomic mass is 16.6. The standard InChI is InChI=1S/C58H92O6/c1-4-7-10-13-16-19-22-25-27-29-31-33-36-39-42-45-48-51-57(60)63-54-55(53-62-56(59)50-47-44-41-38-35-32-24-21-18-15-12-9-6-3)64-58(61)52-49-46-43-40-37-34-30-28-26-23-20-17-14-11-8-5-2/h8-9,11-12,15-21,24-28,31,33,39,42,55H,4-7,10,13-14,22-23,29-30,32,34-38,40-41,43-54H2,1-3H3/b11-8+,12-9+,18-15+,19-16+,20-17+,24-21+,27-25+,28-26+,33-31+,42-39+. The molecule has 0 spiro atoms. The maximum atomic E-state index is 12.8. The predicted octanol–water partition coefficient (Wildman–Crippen LogP) is 16.9. The fraction of sp³-hybridized carbons (Fsp3) is 0.603. The highest BCUT2D eigenvalue weighted by Crippen LogP contribution is 2.13. The Morgan fingerprint density at radius 1 is 0.344 bits per heavy atom. The first-order valence-corrected chi connectivity index (χ1v) is 25.6. The molecule has 0 N–H and O–H groups in total. The summed E-state index contributed by atoms with van der Waals surface area (Å²) in [6.45, 7) is 6.27. The van der Waals surface area contributed by atoms with Crippen LogP contribution in [0.2, 0.25) is 0 Å². The molecule has 0 bridgehead atoms. The van der Waals surface area contributed by atoms with Crippen molar-refractivity contribution in [3.05, 3.63) is 122 Å². The normalized spacial score (nSPS) is 13.1. The molecule has 0 aromatic carbocycles. The topological polar surface area (TPSA) is 78.9 Å². The Bertz CT molecular complexity index is 1390. The number of hydrogen-bond donors (Lipinski definition) is 0. The Morgan fingerprint density at radius 3 is 1.19 bits per heavy atom. The molecule has 0 rings (SSSR count). The monoisotopic (exact) mass is 885 g/mol. The van der Waals surface area contributed by atoms with Crippen molar-refractivity contribution < 1.29 is 28.6 Å². The van der Waals surface area contributed by atoms with Gasteiger partial charge in [0, 0.05) is 19.3 Å². The molecule has 0 aliphatic rings. The Labute approximate surface area is 392 Å². The smallest absolute Gasteiger partial charge is 0.306 e. The first-order valence-electron chi connectivity index (χ1n) is 25.6. The summed E-state index contributed by atoms with van der Waals surface area (Å²) in [5.41, 5.74) is 0.